The van der Waals surface area contributed by atoms with Gasteiger partial charge in [0.1, 0.15) is 17.2 Å². The molecule has 0 aliphatic rings. The molecule has 0 aliphatic heterocycles. The van der Waals surface area contributed by atoms with Crippen LogP contribution in [-0.2, 0) is 9.59 Å². The highest BCUT2D eigenvalue weighted by Gasteiger charge is 2.07. The minimum absolute atomic E-state index is 0.181. The molecule has 0 unspecified atom stereocenters. The van der Waals surface area contributed by atoms with Gasteiger partial charge in [0.2, 0.25) is 0 Å². The van der Waals surface area contributed by atoms with Crippen molar-refractivity contribution in [1.82, 2.24) is 5.43 Å². The van der Waals surface area contributed by atoms with Crippen molar-refractivity contribution in [2.24, 2.45) is 5.10 Å². The molecule has 0 atom stereocenters. The van der Waals surface area contributed by atoms with Gasteiger partial charge in [-0.25, -0.2) is 10.2 Å². The summed E-state index contributed by atoms with van der Waals surface area (Å²) in [7, 11) is 0. The first kappa shape index (κ1) is 22.8. The molecular formula is C24H21ClN2O5. The Labute approximate surface area is 190 Å². The summed E-state index contributed by atoms with van der Waals surface area (Å²) in [5.74, 6) is 0.622. The van der Waals surface area contributed by atoms with E-state index < -0.39 is 11.9 Å². The summed E-state index contributed by atoms with van der Waals surface area (Å²) in [4.78, 5) is 23.8. The maximum absolute atomic E-state index is 11.9. The van der Waals surface area contributed by atoms with Gasteiger partial charge in [-0.15, -0.1) is 0 Å². The number of carbonyl (C=O) groups excluding carboxylic acids is 2. The first-order valence-electron chi connectivity index (χ1n) is 9.69. The molecule has 0 saturated carbocycles. The van der Waals surface area contributed by atoms with Crippen molar-refractivity contribution in [1.29, 1.82) is 0 Å². The molecule has 0 aromatic heterocycles. The van der Waals surface area contributed by atoms with Gasteiger partial charge in [-0.05, 0) is 72.6 Å². The van der Waals surface area contributed by atoms with Gasteiger partial charge in [0, 0.05) is 5.02 Å². The van der Waals surface area contributed by atoms with Crippen molar-refractivity contribution in [3.05, 3.63) is 88.9 Å². The number of carbonyl (C=O) groups is 2. The summed E-state index contributed by atoms with van der Waals surface area (Å²) in [6.45, 7) is 1.46. The zero-order valence-electron chi connectivity index (χ0n) is 17.3. The molecular weight excluding hydrogens is 432 g/mol. The number of nitrogens with zero attached hydrogens (tertiary/aromatic N) is 1. The Bertz CT molecular complexity index is 1090. The Morgan fingerprint density at radius 1 is 0.938 bits per heavy atom. The summed E-state index contributed by atoms with van der Waals surface area (Å²) in [5.41, 5.74) is 3.93. The zero-order valence-corrected chi connectivity index (χ0v) is 18.0. The molecule has 3 rings (SSSR count). The second kappa shape index (κ2) is 11.5. The second-order valence-electron chi connectivity index (χ2n) is 6.64. The third-order valence-corrected chi connectivity index (χ3v) is 4.35. The zero-order chi connectivity index (χ0) is 22.8. The molecule has 0 spiro atoms. The van der Waals surface area contributed by atoms with Gasteiger partial charge in [-0.1, -0.05) is 29.8 Å². The number of benzene rings is 3. The first-order chi connectivity index (χ1) is 15.5. The SMILES string of the molecule is Cc1cc(Cl)ccc1OCC(=O)N/N=C\c1ccc(OC(=O)COc2ccccc2)cc1. The van der Waals surface area contributed by atoms with Gasteiger partial charge >= 0.3 is 5.97 Å². The number of halogens is 1. The number of hydrazone groups is 1. The van der Waals surface area contributed by atoms with Gasteiger partial charge in [-0.3, -0.25) is 4.79 Å². The van der Waals surface area contributed by atoms with Crippen molar-refractivity contribution < 1.29 is 23.8 Å². The quantitative estimate of drug-likeness (QED) is 0.228. The maximum Gasteiger partial charge on any atom is 0.349 e. The molecule has 7 nitrogen and oxygen atoms in total. The lowest BCUT2D eigenvalue weighted by Crippen LogP contribution is -2.24. The third-order valence-electron chi connectivity index (χ3n) is 4.11. The molecule has 3 aromatic carbocycles. The third kappa shape index (κ3) is 7.45. The van der Waals surface area contributed by atoms with Gasteiger partial charge < -0.3 is 14.2 Å². The van der Waals surface area contributed by atoms with E-state index in [1.54, 1.807) is 54.6 Å². The standard InChI is InChI=1S/C24H21ClN2O5/c1-17-13-19(25)9-12-22(17)31-15-23(28)27-26-14-18-7-10-21(11-8-18)32-24(29)16-30-20-5-3-2-4-6-20/h2-14H,15-16H2,1H3,(H,27,28)/b26-14-. The number of hydrogen-bond acceptors (Lipinski definition) is 6. The number of rotatable bonds is 9. The van der Waals surface area contributed by atoms with Crippen LogP contribution in [0.25, 0.3) is 0 Å². The van der Waals surface area contributed by atoms with Crippen LogP contribution in [0.5, 0.6) is 17.2 Å². The molecule has 0 radical (unpaired) electrons. The number of para-hydroxylation sites is 1. The number of aryl methyl sites for hydroxylation is 1. The van der Waals surface area contributed by atoms with E-state index in [1.165, 1.54) is 6.21 Å². The Morgan fingerprint density at radius 2 is 1.69 bits per heavy atom. The second-order valence-corrected chi connectivity index (χ2v) is 7.07. The molecule has 0 bridgehead atoms. The molecule has 0 saturated heterocycles. The molecule has 3 aromatic rings. The highest BCUT2D eigenvalue weighted by molar-refractivity contribution is 6.30. The van der Waals surface area contributed by atoms with Crippen molar-refractivity contribution in [3.8, 4) is 17.2 Å². The number of esters is 1. The van der Waals surface area contributed by atoms with Crippen LogP contribution in [0.2, 0.25) is 5.02 Å². The molecule has 0 fully saturated rings. The van der Waals surface area contributed by atoms with E-state index in [0.717, 1.165) is 5.56 Å². The Morgan fingerprint density at radius 3 is 2.41 bits per heavy atom. The summed E-state index contributed by atoms with van der Waals surface area (Å²) in [6, 6.07) is 20.8. The van der Waals surface area contributed by atoms with Crippen LogP contribution in [0, 0.1) is 6.92 Å². The topological polar surface area (TPSA) is 86.2 Å². The summed E-state index contributed by atoms with van der Waals surface area (Å²) in [6.07, 6.45) is 1.47. The van der Waals surface area contributed by atoms with E-state index in [1.807, 2.05) is 25.1 Å². The minimum Gasteiger partial charge on any atom is -0.483 e. The molecule has 164 valence electrons. The Balaban J connectivity index is 1.40. The number of amides is 1. The van der Waals surface area contributed by atoms with E-state index in [9.17, 15) is 9.59 Å². The normalized spacial score (nSPS) is 10.6. The number of hydrogen-bond donors (Lipinski definition) is 1. The predicted molar refractivity (Wildman–Crippen MR) is 121 cm³/mol. The van der Waals surface area contributed by atoms with Crippen molar-refractivity contribution in [3.63, 3.8) is 0 Å². The average Bonchev–Trinajstić information content (AvgIpc) is 2.79. The van der Waals surface area contributed by atoms with Crippen LogP contribution in [0.15, 0.2) is 77.9 Å². The lowest BCUT2D eigenvalue weighted by molar-refractivity contribution is -0.136. The molecule has 0 heterocycles. The van der Waals surface area contributed by atoms with E-state index in [0.29, 0.717) is 27.8 Å². The first-order valence-corrected chi connectivity index (χ1v) is 10.1. The number of nitrogens with one attached hydrogen (secondary N) is 1. The van der Waals surface area contributed by atoms with Gasteiger partial charge in [0.25, 0.3) is 5.91 Å². The maximum atomic E-state index is 11.9. The predicted octanol–water partition coefficient (Wildman–Crippen LogP) is 4.16. The van der Waals surface area contributed by atoms with Crippen LogP contribution in [0.3, 0.4) is 0 Å². The van der Waals surface area contributed by atoms with E-state index in [2.05, 4.69) is 10.5 Å². The average molecular weight is 453 g/mol. The molecule has 0 aliphatic carbocycles. The van der Waals surface area contributed by atoms with E-state index >= 15 is 0 Å². The van der Waals surface area contributed by atoms with Crippen LogP contribution >= 0.6 is 11.6 Å². The lowest BCUT2D eigenvalue weighted by Gasteiger charge is -2.08. The fourth-order valence-corrected chi connectivity index (χ4v) is 2.80. The van der Waals surface area contributed by atoms with Gasteiger partial charge in [0.05, 0.1) is 6.21 Å². The lowest BCUT2D eigenvalue weighted by atomic mass is 10.2. The number of ether oxygens (including phenoxy) is 3. The van der Waals surface area contributed by atoms with Crippen LogP contribution in [0.4, 0.5) is 0 Å². The van der Waals surface area contributed by atoms with E-state index in [4.69, 9.17) is 25.8 Å². The van der Waals surface area contributed by atoms with Gasteiger partial charge in [0.15, 0.2) is 13.2 Å². The monoisotopic (exact) mass is 452 g/mol. The molecule has 1 N–H and O–H groups in total. The molecule has 32 heavy (non-hydrogen) atoms. The van der Waals surface area contributed by atoms with Crippen LogP contribution in [-0.4, -0.2) is 31.3 Å². The summed E-state index contributed by atoms with van der Waals surface area (Å²) >= 11 is 5.89. The highest BCUT2D eigenvalue weighted by Crippen LogP contribution is 2.21. The van der Waals surface area contributed by atoms with Crippen molar-refractivity contribution in [2.45, 2.75) is 6.92 Å². The summed E-state index contributed by atoms with van der Waals surface area (Å²) in [5, 5.41) is 4.49. The Kier molecular flexibility index (Phi) is 8.22. The Hall–Kier alpha value is -3.84. The van der Waals surface area contributed by atoms with Gasteiger partial charge in [-0.2, -0.15) is 5.10 Å². The highest BCUT2D eigenvalue weighted by atomic mass is 35.5. The molecule has 8 heteroatoms. The fourth-order valence-electron chi connectivity index (χ4n) is 2.57. The van der Waals surface area contributed by atoms with Crippen LogP contribution < -0.4 is 19.6 Å². The smallest absolute Gasteiger partial charge is 0.349 e. The minimum atomic E-state index is -0.515. The van der Waals surface area contributed by atoms with Crippen molar-refractivity contribution >= 4 is 29.7 Å². The van der Waals surface area contributed by atoms with Crippen molar-refractivity contribution in [2.75, 3.05) is 13.2 Å². The van der Waals surface area contributed by atoms with E-state index in [-0.39, 0.29) is 13.2 Å². The molecule has 1 amide bonds. The fraction of sp³-hybridized carbons (Fsp3) is 0.125. The van der Waals surface area contributed by atoms with Crippen LogP contribution in [0.1, 0.15) is 11.1 Å². The summed E-state index contributed by atoms with van der Waals surface area (Å²) < 4.78 is 16.0. The largest absolute Gasteiger partial charge is 0.483 e.